The van der Waals surface area contributed by atoms with Gasteiger partial charge in [-0.3, -0.25) is 14.6 Å². The summed E-state index contributed by atoms with van der Waals surface area (Å²) in [6.07, 6.45) is -2.74. The number of carbonyl (C=O) groups excluding carboxylic acids is 2. The highest BCUT2D eigenvalue weighted by atomic mass is 19.4. The second-order valence-electron chi connectivity index (χ2n) is 8.22. The van der Waals surface area contributed by atoms with Gasteiger partial charge in [0.1, 0.15) is 0 Å². The largest absolute Gasteiger partial charge is 0.416 e. The predicted octanol–water partition coefficient (Wildman–Crippen LogP) is 6.05. The maximum atomic E-state index is 12.9. The van der Waals surface area contributed by atoms with Crippen molar-refractivity contribution >= 4 is 28.4 Å². The normalized spacial score (nSPS) is 11.3. The molecule has 0 spiro atoms. The van der Waals surface area contributed by atoms with Crippen molar-refractivity contribution in [1.82, 2.24) is 10.3 Å². The fraction of sp³-hybridized carbons (Fsp3) is 0.148. The number of alkyl halides is 3. The number of nitrogens with zero attached hydrogens (tertiary/aromatic N) is 1. The Morgan fingerprint density at radius 3 is 2.37 bits per heavy atom. The number of rotatable bonds is 5. The van der Waals surface area contributed by atoms with Crippen LogP contribution in [0, 0.1) is 13.8 Å². The quantitative estimate of drug-likeness (QED) is 0.368. The maximum absolute atomic E-state index is 12.9. The summed E-state index contributed by atoms with van der Waals surface area (Å²) in [4.78, 5) is 29.8. The lowest BCUT2D eigenvalue weighted by Gasteiger charge is -2.12. The summed E-state index contributed by atoms with van der Waals surface area (Å²) in [5.41, 5.74) is 3.29. The Morgan fingerprint density at radius 2 is 1.60 bits per heavy atom. The molecular formula is C27H22F3N3O2. The Morgan fingerprint density at radius 1 is 0.857 bits per heavy atom. The van der Waals surface area contributed by atoms with Crippen molar-refractivity contribution in [3.63, 3.8) is 0 Å². The first kappa shape index (κ1) is 23.9. The second kappa shape index (κ2) is 9.58. The number of hydrogen-bond donors (Lipinski definition) is 2. The molecule has 0 radical (unpaired) electrons. The zero-order valence-corrected chi connectivity index (χ0v) is 19.0. The van der Waals surface area contributed by atoms with Gasteiger partial charge in [-0.25, -0.2) is 0 Å². The molecule has 0 saturated carbocycles. The first-order chi connectivity index (χ1) is 16.6. The number of aryl methyl sites for hydroxylation is 2. The molecule has 0 aliphatic carbocycles. The Hall–Kier alpha value is -4.20. The minimum atomic E-state index is -4.45. The van der Waals surface area contributed by atoms with Crippen molar-refractivity contribution < 1.29 is 22.8 Å². The van der Waals surface area contributed by atoms with Gasteiger partial charge >= 0.3 is 6.18 Å². The van der Waals surface area contributed by atoms with E-state index in [0.717, 1.165) is 34.2 Å². The molecule has 0 atom stereocenters. The molecule has 0 fully saturated rings. The smallest absolute Gasteiger partial charge is 0.348 e. The molecule has 178 valence electrons. The third-order valence-corrected chi connectivity index (χ3v) is 5.68. The molecule has 0 aliphatic rings. The van der Waals surface area contributed by atoms with Gasteiger partial charge in [0.15, 0.2) is 0 Å². The lowest BCUT2D eigenvalue weighted by molar-refractivity contribution is -0.137. The maximum Gasteiger partial charge on any atom is 0.416 e. The van der Waals surface area contributed by atoms with Gasteiger partial charge in [-0.2, -0.15) is 13.2 Å². The van der Waals surface area contributed by atoms with Crippen molar-refractivity contribution in [2.45, 2.75) is 26.6 Å². The van der Waals surface area contributed by atoms with E-state index in [4.69, 9.17) is 0 Å². The fourth-order valence-corrected chi connectivity index (χ4v) is 3.66. The summed E-state index contributed by atoms with van der Waals surface area (Å²) in [5.74, 6) is -0.801. The van der Waals surface area contributed by atoms with Gasteiger partial charge < -0.3 is 10.6 Å². The van der Waals surface area contributed by atoms with E-state index in [-0.39, 0.29) is 18.0 Å². The first-order valence-electron chi connectivity index (χ1n) is 10.8. The number of amides is 2. The van der Waals surface area contributed by atoms with E-state index >= 15 is 0 Å². The number of hydrogen-bond acceptors (Lipinski definition) is 3. The molecule has 2 amide bonds. The molecule has 4 rings (SSSR count). The van der Waals surface area contributed by atoms with Crippen molar-refractivity contribution in [2.24, 2.45) is 0 Å². The van der Waals surface area contributed by atoms with Crippen LogP contribution < -0.4 is 10.6 Å². The SMILES string of the molecule is Cc1ccc(C(=O)NCc2cccc(C(F)(F)F)c2)cc1NC(=O)c1ccc2nccc(C)c2c1. The molecule has 0 bridgehead atoms. The van der Waals surface area contributed by atoms with Crippen molar-refractivity contribution in [3.05, 3.63) is 106 Å². The molecule has 1 heterocycles. The number of halogens is 3. The van der Waals surface area contributed by atoms with Crippen LogP contribution in [-0.4, -0.2) is 16.8 Å². The topological polar surface area (TPSA) is 71.1 Å². The molecular weight excluding hydrogens is 455 g/mol. The predicted molar refractivity (Wildman–Crippen MR) is 128 cm³/mol. The lowest BCUT2D eigenvalue weighted by atomic mass is 10.1. The molecule has 5 nitrogen and oxygen atoms in total. The van der Waals surface area contributed by atoms with E-state index in [0.29, 0.717) is 16.8 Å². The average Bonchev–Trinajstić information content (AvgIpc) is 2.83. The Labute approximate surface area is 200 Å². The molecule has 1 aromatic heterocycles. The van der Waals surface area contributed by atoms with Crippen LogP contribution in [0.5, 0.6) is 0 Å². The van der Waals surface area contributed by atoms with E-state index in [1.54, 1.807) is 49.5 Å². The zero-order valence-electron chi connectivity index (χ0n) is 19.0. The minimum Gasteiger partial charge on any atom is -0.348 e. The highest BCUT2D eigenvalue weighted by Crippen LogP contribution is 2.29. The van der Waals surface area contributed by atoms with Crippen LogP contribution in [0.15, 0.2) is 72.9 Å². The third-order valence-electron chi connectivity index (χ3n) is 5.68. The van der Waals surface area contributed by atoms with Crippen LogP contribution in [0.3, 0.4) is 0 Å². The number of anilines is 1. The number of nitrogens with one attached hydrogen (secondary N) is 2. The van der Waals surface area contributed by atoms with E-state index in [1.807, 2.05) is 13.0 Å². The summed E-state index contributed by atoms with van der Waals surface area (Å²) < 4.78 is 38.7. The van der Waals surface area contributed by atoms with E-state index in [2.05, 4.69) is 15.6 Å². The van der Waals surface area contributed by atoms with Crippen LogP contribution >= 0.6 is 0 Å². The molecule has 0 unspecified atom stereocenters. The van der Waals surface area contributed by atoms with Crippen molar-refractivity contribution in [1.29, 1.82) is 0 Å². The summed E-state index contributed by atoms with van der Waals surface area (Å²) in [6, 6.07) is 16.7. The summed E-state index contributed by atoms with van der Waals surface area (Å²) >= 11 is 0. The summed E-state index contributed by atoms with van der Waals surface area (Å²) in [6.45, 7) is 3.68. The molecule has 4 aromatic rings. The zero-order chi connectivity index (χ0) is 25.2. The van der Waals surface area contributed by atoms with Crippen molar-refractivity contribution in [3.8, 4) is 0 Å². The van der Waals surface area contributed by atoms with Crippen LogP contribution in [0.25, 0.3) is 10.9 Å². The highest BCUT2D eigenvalue weighted by molar-refractivity contribution is 6.07. The van der Waals surface area contributed by atoms with Gasteiger partial charge in [0.25, 0.3) is 11.8 Å². The second-order valence-corrected chi connectivity index (χ2v) is 8.22. The van der Waals surface area contributed by atoms with Gasteiger partial charge in [-0.15, -0.1) is 0 Å². The Bertz CT molecular complexity index is 1430. The van der Waals surface area contributed by atoms with Gasteiger partial charge in [-0.1, -0.05) is 18.2 Å². The van der Waals surface area contributed by atoms with Crippen LogP contribution in [0.4, 0.5) is 18.9 Å². The highest BCUT2D eigenvalue weighted by Gasteiger charge is 2.30. The molecule has 2 N–H and O–H groups in total. The monoisotopic (exact) mass is 477 g/mol. The third kappa shape index (κ3) is 5.48. The number of benzene rings is 3. The number of carbonyl (C=O) groups is 2. The minimum absolute atomic E-state index is 0.0667. The van der Waals surface area contributed by atoms with Gasteiger partial charge in [0.2, 0.25) is 0 Å². The van der Waals surface area contributed by atoms with Gasteiger partial charge in [0, 0.05) is 34.9 Å². The number of aromatic nitrogens is 1. The molecule has 0 aliphatic heterocycles. The molecule has 8 heteroatoms. The number of pyridine rings is 1. The van der Waals surface area contributed by atoms with Crippen LogP contribution in [-0.2, 0) is 12.7 Å². The van der Waals surface area contributed by atoms with E-state index < -0.39 is 17.6 Å². The van der Waals surface area contributed by atoms with E-state index in [9.17, 15) is 22.8 Å². The summed E-state index contributed by atoms with van der Waals surface area (Å²) in [5, 5.41) is 6.34. The van der Waals surface area contributed by atoms with Crippen LogP contribution in [0.1, 0.15) is 43.0 Å². The van der Waals surface area contributed by atoms with Crippen molar-refractivity contribution in [2.75, 3.05) is 5.32 Å². The number of fused-ring (bicyclic) bond motifs is 1. The Kier molecular flexibility index (Phi) is 6.55. The molecule has 3 aromatic carbocycles. The molecule has 0 saturated heterocycles. The first-order valence-corrected chi connectivity index (χ1v) is 10.8. The standard InChI is InChI=1S/C27H22F3N3O2/c1-16-10-11-31-23-9-8-19(13-22(16)23)26(35)33-24-14-20(7-6-17(24)2)25(34)32-15-18-4-3-5-21(12-18)27(28,29)30/h3-14H,15H2,1-2H3,(H,32,34)(H,33,35). The summed E-state index contributed by atoms with van der Waals surface area (Å²) in [7, 11) is 0. The Balaban J connectivity index is 1.48. The average molecular weight is 477 g/mol. The van der Waals surface area contributed by atoms with Gasteiger partial charge in [-0.05, 0) is 79.1 Å². The fourth-order valence-electron chi connectivity index (χ4n) is 3.66. The van der Waals surface area contributed by atoms with Crippen LogP contribution in [0.2, 0.25) is 0 Å². The molecule has 35 heavy (non-hydrogen) atoms. The van der Waals surface area contributed by atoms with E-state index in [1.165, 1.54) is 12.1 Å². The van der Waals surface area contributed by atoms with Gasteiger partial charge in [0.05, 0.1) is 11.1 Å². The lowest BCUT2D eigenvalue weighted by Crippen LogP contribution is -2.23.